The fraction of sp³-hybridized carbons (Fsp3) is 0.381. The molecule has 0 atom stereocenters. The van der Waals surface area contributed by atoms with E-state index in [2.05, 4.69) is 14.9 Å². The van der Waals surface area contributed by atoms with Crippen molar-refractivity contribution in [2.24, 2.45) is 5.73 Å². The van der Waals surface area contributed by atoms with Crippen molar-refractivity contribution in [3.63, 3.8) is 0 Å². The molecule has 0 saturated carbocycles. The number of fused-ring (bicyclic) bond motifs is 1. The summed E-state index contributed by atoms with van der Waals surface area (Å²) in [5, 5.41) is 1.03. The van der Waals surface area contributed by atoms with E-state index < -0.39 is 0 Å². The molecule has 2 heterocycles. The Balaban J connectivity index is 2.06. The standard InChI is InChI=1S/C21H26Cl2N6O/c1-13-16(11-24)19(15-7-6-14(22)10-17(15)23)29-12-18(26-21(29)25-13)20(30)28(4)9-5-8-27(2)3/h6-7,10,12H,5,8-9,11,24H2,1-4H3. The molecule has 9 heteroatoms. The lowest BCUT2D eigenvalue weighted by atomic mass is 10.0. The van der Waals surface area contributed by atoms with Crippen molar-refractivity contribution >= 4 is 34.9 Å². The summed E-state index contributed by atoms with van der Waals surface area (Å²) in [5.74, 6) is 0.273. The van der Waals surface area contributed by atoms with Gasteiger partial charge in [0.2, 0.25) is 5.78 Å². The zero-order valence-corrected chi connectivity index (χ0v) is 19.1. The molecular formula is C21H26Cl2N6O. The summed E-state index contributed by atoms with van der Waals surface area (Å²) in [5.41, 5.74) is 9.47. The first kappa shape index (κ1) is 22.5. The van der Waals surface area contributed by atoms with Gasteiger partial charge in [-0.1, -0.05) is 23.2 Å². The van der Waals surface area contributed by atoms with Gasteiger partial charge in [-0.3, -0.25) is 9.20 Å². The summed E-state index contributed by atoms with van der Waals surface area (Å²) in [4.78, 5) is 25.7. The highest BCUT2D eigenvalue weighted by molar-refractivity contribution is 6.36. The molecule has 0 aliphatic carbocycles. The first-order valence-corrected chi connectivity index (χ1v) is 10.4. The van der Waals surface area contributed by atoms with E-state index >= 15 is 0 Å². The number of benzene rings is 1. The predicted molar refractivity (Wildman–Crippen MR) is 121 cm³/mol. The van der Waals surface area contributed by atoms with Crippen LogP contribution in [0.1, 0.15) is 28.2 Å². The van der Waals surface area contributed by atoms with E-state index in [1.807, 2.05) is 27.1 Å². The van der Waals surface area contributed by atoms with Gasteiger partial charge in [0, 0.05) is 48.2 Å². The summed E-state index contributed by atoms with van der Waals surface area (Å²) in [7, 11) is 5.80. The highest BCUT2D eigenvalue weighted by Gasteiger charge is 2.21. The van der Waals surface area contributed by atoms with E-state index in [-0.39, 0.29) is 12.5 Å². The van der Waals surface area contributed by atoms with Gasteiger partial charge in [-0.05, 0) is 52.2 Å². The fourth-order valence-corrected chi connectivity index (χ4v) is 3.89. The number of nitrogens with zero attached hydrogens (tertiary/aromatic N) is 5. The molecule has 2 N–H and O–H groups in total. The number of hydrogen-bond donors (Lipinski definition) is 1. The average molecular weight is 449 g/mol. The lowest BCUT2D eigenvalue weighted by Crippen LogP contribution is -2.30. The molecule has 1 aromatic carbocycles. The molecule has 0 aliphatic heterocycles. The van der Waals surface area contributed by atoms with E-state index in [4.69, 9.17) is 28.9 Å². The maximum Gasteiger partial charge on any atom is 0.273 e. The van der Waals surface area contributed by atoms with E-state index in [0.29, 0.717) is 28.1 Å². The number of aromatic nitrogens is 3. The van der Waals surface area contributed by atoms with Crippen molar-refractivity contribution in [3.8, 4) is 11.3 Å². The van der Waals surface area contributed by atoms with Crippen molar-refractivity contribution in [1.29, 1.82) is 0 Å². The van der Waals surface area contributed by atoms with Gasteiger partial charge in [0.1, 0.15) is 5.69 Å². The highest BCUT2D eigenvalue weighted by Crippen LogP contribution is 2.34. The first-order chi connectivity index (χ1) is 14.2. The SMILES string of the molecule is Cc1nc2nc(C(=O)N(C)CCCN(C)C)cn2c(-c2ccc(Cl)cc2Cl)c1CN. The number of rotatable bonds is 7. The monoisotopic (exact) mass is 448 g/mol. The van der Waals surface area contributed by atoms with E-state index in [0.717, 1.165) is 35.5 Å². The first-order valence-electron chi connectivity index (χ1n) is 9.67. The van der Waals surface area contributed by atoms with Gasteiger partial charge in [-0.15, -0.1) is 0 Å². The minimum Gasteiger partial charge on any atom is -0.340 e. The van der Waals surface area contributed by atoms with Crippen LogP contribution >= 0.6 is 23.2 Å². The minimum absolute atomic E-state index is 0.153. The average Bonchev–Trinajstić information content (AvgIpc) is 3.09. The number of nitrogens with two attached hydrogens (primary N) is 1. The third-order valence-electron chi connectivity index (χ3n) is 4.97. The Morgan fingerprint density at radius 2 is 1.90 bits per heavy atom. The van der Waals surface area contributed by atoms with Gasteiger partial charge in [0.15, 0.2) is 0 Å². The number of carbonyl (C=O) groups is 1. The number of amides is 1. The van der Waals surface area contributed by atoms with Gasteiger partial charge in [-0.25, -0.2) is 9.97 Å². The van der Waals surface area contributed by atoms with Crippen LogP contribution in [-0.2, 0) is 6.54 Å². The Kier molecular flexibility index (Phi) is 6.98. The van der Waals surface area contributed by atoms with Crippen LogP contribution in [0.2, 0.25) is 10.0 Å². The van der Waals surface area contributed by atoms with Crippen LogP contribution in [-0.4, -0.2) is 64.3 Å². The van der Waals surface area contributed by atoms with Crippen LogP contribution < -0.4 is 5.73 Å². The van der Waals surface area contributed by atoms with Crippen LogP contribution in [0.15, 0.2) is 24.4 Å². The van der Waals surface area contributed by atoms with Crippen molar-refractivity contribution in [2.75, 3.05) is 34.2 Å². The minimum atomic E-state index is -0.153. The Labute approximate surface area is 186 Å². The second-order valence-corrected chi connectivity index (χ2v) is 8.38. The molecule has 0 aliphatic rings. The molecule has 7 nitrogen and oxygen atoms in total. The van der Waals surface area contributed by atoms with Gasteiger partial charge in [-0.2, -0.15) is 0 Å². The van der Waals surface area contributed by atoms with Crippen molar-refractivity contribution < 1.29 is 4.79 Å². The molecule has 0 unspecified atom stereocenters. The molecule has 0 spiro atoms. The summed E-state index contributed by atoms with van der Waals surface area (Å²) >= 11 is 12.6. The quantitative estimate of drug-likeness (QED) is 0.598. The Morgan fingerprint density at radius 3 is 2.53 bits per heavy atom. The maximum absolute atomic E-state index is 12.9. The number of hydrogen-bond acceptors (Lipinski definition) is 5. The second-order valence-electron chi connectivity index (χ2n) is 7.53. The molecular weight excluding hydrogens is 423 g/mol. The molecule has 0 fully saturated rings. The van der Waals surface area contributed by atoms with Gasteiger partial charge < -0.3 is 15.5 Å². The van der Waals surface area contributed by atoms with Gasteiger partial charge in [0.05, 0.1) is 10.7 Å². The van der Waals surface area contributed by atoms with Crippen molar-refractivity contribution in [1.82, 2.24) is 24.2 Å². The molecule has 0 bridgehead atoms. The van der Waals surface area contributed by atoms with Crippen LogP contribution in [0.5, 0.6) is 0 Å². The Hall–Kier alpha value is -2.19. The van der Waals surface area contributed by atoms with Crippen molar-refractivity contribution in [2.45, 2.75) is 19.9 Å². The largest absolute Gasteiger partial charge is 0.340 e. The van der Waals surface area contributed by atoms with Crippen LogP contribution in [0.3, 0.4) is 0 Å². The molecule has 2 aromatic heterocycles. The van der Waals surface area contributed by atoms with E-state index in [9.17, 15) is 4.79 Å². The molecule has 0 saturated heterocycles. The second kappa shape index (κ2) is 9.31. The van der Waals surface area contributed by atoms with E-state index in [1.54, 1.807) is 34.7 Å². The van der Waals surface area contributed by atoms with Crippen molar-refractivity contribution in [3.05, 3.63) is 51.4 Å². The topological polar surface area (TPSA) is 79.8 Å². The number of aryl methyl sites for hydroxylation is 1. The molecule has 1 amide bonds. The zero-order valence-electron chi connectivity index (χ0n) is 17.6. The summed E-state index contributed by atoms with van der Waals surface area (Å²) in [6.45, 7) is 3.69. The summed E-state index contributed by atoms with van der Waals surface area (Å²) in [6.07, 6.45) is 2.58. The van der Waals surface area contributed by atoms with Crippen LogP contribution in [0, 0.1) is 6.92 Å². The number of carbonyl (C=O) groups excluding carboxylic acids is 1. The maximum atomic E-state index is 12.9. The highest BCUT2D eigenvalue weighted by atomic mass is 35.5. The third-order valence-corrected chi connectivity index (χ3v) is 5.52. The number of imidazole rings is 1. The molecule has 3 rings (SSSR count). The summed E-state index contributed by atoms with van der Waals surface area (Å²) in [6, 6.07) is 5.29. The smallest absolute Gasteiger partial charge is 0.273 e. The van der Waals surface area contributed by atoms with E-state index in [1.165, 1.54) is 0 Å². The fourth-order valence-electron chi connectivity index (χ4n) is 3.39. The van der Waals surface area contributed by atoms with Crippen LogP contribution in [0.25, 0.3) is 17.0 Å². The lowest BCUT2D eigenvalue weighted by Gasteiger charge is -2.17. The normalized spacial score (nSPS) is 11.5. The molecule has 3 aromatic rings. The van der Waals surface area contributed by atoms with Gasteiger partial charge >= 0.3 is 0 Å². The Morgan fingerprint density at radius 1 is 1.17 bits per heavy atom. The molecule has 160 valence electrons. The predicted octanol–water partition coefficient (Wildman–Crippen LogP) is 3.49. The third kappa shape index (κ3) is 4.59. The van der Waals surface area contributed by atoms with Crippen LogP contribution in [0.4, 0.5) is 0 Å². The molecule has 0 radical (unpaired) electrons. The lowest BCUT2D eigenvalue weighted by molar-refractivity contribution is 0.0785. The summed E-state index contributed by atoms with van der Waals surface area (Å²) < 4.78 is 1.78. The molecule has 30 heavy (non-hydrogen) atoms. The number of halogens is 2. The zero-order chi connectivity index (χ0) is 22.0. The van der Waals surface area contributed by atoms with Gasteiger partial charge in [0.25, 0.3) is 5.91 Å². The Bertz CT molecular complexity index is 1080.